The van der Waals surface area contributed by atoms with Gasteiger partial charge in [0.05, 0.1) is 5.69 Å². The molecule has 0 fully saturated rings. The van der Waals surface area contributed by atoms with Gasteiger partial charge in [0.1, 0.15) is 11.9 Å². The number of rotatable bonds is 5. The lowest BCUT2D eigenvalue weighted by molar-refractivity contribution is -0.0523. The zero-order valence-electron chi connectivity index (χ0n) is 11.2. The molecule has 0 heterocycles. The van der Waals surface area contributed by atoms with Crippen molar-refractivity contribution in [2.24, 2.45) is 0 Å². The first-order valence-electron chi connectivity index (χ1n) is 6.23. The van der Waals surface area contributed by atoms with Crippen LogP contribution in [-0.4, -0.2) is 6.61 Å². The van der Waals surface area contributed by atoms with Crippen molar-refractivity contribution >= 4 is 5.69 Å². The summed E-state index contributed by atoms with van der Waals surface area (Å²) in [6, 6.07) is 11.2. The van der Waals surface area contributed by atoms with E-state index in [-0.39, 0.29) is 17.5 Å². The van der Waals surface area contributed by atoms with Crippen molar-refractivity contribution in [3.8, 4) is 11.5 Å². The number of anilines is 1. The van der Waals surface area contributed by atoms with Crippen molar-refractivity contribution in [2.75, 3.05) is 5.73 Å². The largest absolute Gasteiger partial charge is 0.484 e. The fourth-order valence-electron chi connectivity index (χ4n) is 1.82. The highest BCUT2D eigenvalue weighted by Crippen LogP contribution is 2.33. The van der Waals surface area contributed by atoms with Crippen molar-refractivity contribution in [1.29, 1.82) is 0 Å². The summed E-state index contributed by atoms with van der Waals surface area (Å²) in [4.78, 5) is 0. The molecule has 3 nitrogen and oxygen atoms in total. The van der Waals surface area contributed by atoms with Gasteiger partial charge in [0, 0.05) is 12.1 Å². The lowest BCUT2D eigenvalue weighted by Gasteiger charge is -2.17. The second kappa shape index (κ2) is 6.39. The van der Waals surface area contributed by atoms with Crippen LogP contribution >= 0.6 is 0 Å². The summed E-state index contributed by atoms with van der Waals surface area (Å²) in [5.41, 5.74) is 6.52. The summed E-state index contributed by atoms with van der Waals surface area (Å²) in [6.45, 7) is -1.35. The number of ether oxygens (including phenoxy) is 2. The fourth-order valence-corrected chi connectivity index (χ4v) is 1.82. The van der Waals surface area contributed by atoms with E-state index < -0.39 is 18.2 Å². The van der Waals surface area contributed by atoms with E-state index in [1.807, 2.05) is 30.3 Å². The van der Waals surface area contributed by atoms with E-state index in [9.17, 15) is 13.2 Å². The first-order valence-corrected chi connectivity index (χ1v) is 6.23. The Morgan fingerprint density at radius 3 is 2.29 bits per heavy atom. The predicted molar refractivity (Wildman–Crippen MR) is 72.9 cm³/mol. The minimum atomic E-state index is -3.12. The Morgan fingerprint density at radius 2 is 1.67 bits per heavy atom. The molecule has 0 aliphatic carbocycles. The number of nitrogen functional groups attached to an aromatic ring is 1. The van der Waals surface area contributed by atoms with Gasteiger partial charge < -0.3 is 15.2 Å². The molecule has 0 bridgehead atoms. The lowest BCUT2D eigenvalue weighted by atomic mass is 10.1. The predicted octanol–water partition coefficient (Wildman–Crippen LogP) is 4.15. The van der Waals surface area contributed by atoms with Gasteiger partial charge >= 0.3 is 6.61 Å². The van der Waals surface area contributed by atoms with Gasteiger partial charge in [-0.05, 0) is 12.5 Å². The molecule has 1 atom stereocenters. The van der Waals surface area contributed by atoms with Crippen LogP contribution in [0.4, 0.5) is 18.9 Å². The molecular weight excluding hydrogens is 283 g/mol. The number of hydrogen-bond donors (Lipinski definition) is 1. The third kappa shape index (κ3) is 3.81. The van der Waals surface area contributed by atoms with Crippen molar-refractivity contribution < 1.29 is 22.6 Å². The number of halogens is 3. The summed E-state index contributed by atoms with van der Waals surface area (Å²) < 4.78 is 47.5. The van der Waals surface area contributed by atoms with Gasteiger partial charge in [0.2, 0.25) is 0 Å². The van der Waals surface area contributed by atoms with Crippen LogP contribution in [0.25, 0.3) is 0 Å². The lowest BCUT2D eigenvalue weighted by Crippen LogP contribution is -2.08. The minimum Gasteiger partial charge on any atom is -0.484 e. The number of benzene rings is 2. The van der Waals surface area contributed by atoms with Gasteiger partial charge in [0.25, 0.3) is 0 Å². The average Bonchev–Trinajstić information content (AvgIpc) is 2.44. The summed E-state index contributed by atoms with van der Waals surface area (Å²) in [6.07, 6.45) is -0.377. The van der Waals surface area contributed by atoms with E-state index in [1.54, 1.807) is 6.92 Å². The first kappa shape index (κ1) is 15.0. The molecule has 2 aromatic carbocycles. The van der Waals surface area contributed by atoms with E-state index in [0.717, 1.165) is 17.7 Å². The van der Waals surface area contributed by atoms with E-state index >= 15 is 0 Å². The molecule has 0 radical (unpaired) electrons. The molecular formula is C15H14F3NO2. The van der Waals surface area contributed by atoms with Crippen LogP contribution in [0.3, 0.4) is 0 Å². The maximum atomic E-state index is 13.5. The smallest absolute Gasteiger partial charge is 0.387 e. The van der Waals surface area contributed by atoms with Crippen molar-refractivity contribution in [3.05, 3.63) is 53.8 Å². The molecule has 2 N–H and O–H groups in total. The van der Waals surface area contributed by atoms with E-state index in [0.29, 0.717) is 0 Å². The fraction of sp³-hybridized carbons (Fsp3) is 0.200. The van der Waals surface area contributed by atoms with Crippen LogP contribution in [0.5, 0.6) is 11.5 Å². The molecule has 0 aromatic heterocycles. The van der Waals surface area contributed by atoms with E-state index in [4.69, 9.17) is 10.5 Å². The summed E-state index contributed by atoms with van der Waals surface area (Å²) >= 11 is 0. The summed E-state index contributed by atoms with van der Waals surface area (Å²) in [5, 5.41) is 0. The Labute approximate surface area is 120 Å². The zero-order chi connectivity index (χ0) is 15.4. The Morgan fingerprint density at radius 1 is 1.00 bits per heavy atom. The Kier molecular flexibility index (Phi) is 4.57. The maximum absolute atomic E-state index is 13.5. The molecule has 2 rings (SSSR count). The molecule has 0 aliphatic rings. The van der Waals surface area contributed by atoms with Gasteiger partial charge in [-0.1, -0.05) is 30.3 Å². The van der Waals surface area contributed by atoms with Crippen molar-refractivity contribution in [2.45, 2.75) is 19.6 Å². The van der Waals surface area contributed by atoms with E-state index in [2.05, 4.69) is 4.74 Å². The van der Waals surface area contributed by atoms with Crippen LogP contribution < -0.4 is 15.2 Å². The van der Waals surface area contributed by atoms with Crippen LogP contribution in [-0.2, 0) is 0 Å². The Hall–Kier alpha value is -2.37. The van der Waals surface area contributed by atoms with Crippen LogP contribution in [0, 0.1) is 5.82 Å². The minimum absolute atomic E-state index is 0.0110. The van der Waals surface area contributed by atoms with Gasteiger partial charge in [-0.25, -0.2) is 4.39 Å². The van der Waals surface area contributed by atoms with Crippen molar-refractivity contribution in [3.63, 3.8) is 0 Å². The molecule has 0 saturated carbocycles. The third-order valence-electron chi connectivity index (χ3n) is 2.85. The first-order chi connectivity index (χ1) is 9.97. The number of alkyl halides is 2. The summed E-state index contributed by atoms with van der Waals surface area (Å²) in [7, 11) is 0. The standard InChI is InChI=1S/C15H14F3NO2/c1-9(10-5-3-2-4-6-10)20-14-8-13(21-15(17)18)11(16)7-12(14)19/h2-9,15H,19H2,1H3. The highest BCUT2D eigenvalue weighted by atomic mass is 19.3. The van der Waals surface area contributed by atoms with Crippen molar-refractivity contribution in [1.82, 2.24) is 0 Å². The van der Waals surface area contributed by atoms with Gasteiger partial charge in [0.15, 0.2) is 11.6 Å². The van der Waals surface area contributed by atoms with Gasteiger partial charge in [-0.3, -0.25) is 0 Å². The molecule has 112 valence electrons. The molecule has 0 spiro atoms. The third-order valence-corrected chi connectivity index (χ3v) is 2.85. The monoisotopic (exact) mass is 297 g/mol. The van der Waals surface area contributed by atoms with Crippen LogP contribution in [0.2, 0.25) is 0 Å². The van der Waals surface area contributed by atoms with Crippen LogP contribution in [0.15, 0.2) is 42.5 Å². The number of hydrogen-bond acceptors (Lipinski definition) is 3. The molecule has 0 aliphatic heterocycles. The molecule has 2 aromatic rings. The molecule has 1 unspecified atom stereocenters. The second-order valence-electron chi connectivity index (χ2n) is 4.37. The van der Waals surface area contributed by atoms with Gasteiger partial charge in [-0.15, -0.1) is 0 Å². The topological polar surface area (TPSA) is 44.5 Å². The van der Waals surface area contributed by atoms with Gasteiger partial charge in [-0.2, -0.15) is 8.78 Å². The Balaban J connectivity index is 2.23. The summed E-state index contributed by atoms with van der Waals surface area (Å²) in [5.74, 6) is -1.48. The van der Waals surface area contributed by atoms with E-state index in [1.165, 1.54) is 0 Å². The molecule has 21 heavy (non-hydrogen) atoms. The SMILES string of the molecule is CC(Oc1cc(OC(F)F)c(F)cc1N)c1ccccc1. The molecule has 0 amide bonds. The highest BCUT2D eigenvalue weighted by Gasteiger charge is 2.16. The highest BCUT2D eigenvalue weighted by molar-refractivity contribution is 5.56. The molecule has 6 heteroatoms. The number of nitrogens with two attached hydrogens (primary N) is 1. The normalized spacial score (nSPS) is 12.2. The average molecular weight is 297 g/mol. The maximum Gasteiger partial charge on any atom is 0.387 e. The quantitative estimate of drug-likeness (QED) is 0.843. The molecule has 0 saturated heterocycles. The zero-order valence-corrected chi connectivity index (χ0v) is 11.2. The Bertz CT molecular complexity index is 605. The van der Waals surface area contributed by atoms with Crippen LogP contribution in [0.1, 0.15) is 18.6 Å². The second-order valence-corrected chi connectivity index (χ2v) is 4.37.